The van der Waals surface area contributed by atoms with E-state index in [2.05, 4.69) is 6.92 Å². The van der Waals surface area contributed by atoms with Crippen LogP contribution in [0.3, 0.4) is 0 Å². The fraction of sp³-hybridized carbons (Fsp3) is 0.500. The van der Waals surface area contributed by atoms with Gasteiger partial charge in [-0.1, -0.05) is 81.6 Å². The molecule has 0 aliphatic carbocycles. The maximum atomic E-state index is 12.0. The highest BCUT2D eigenvalue weighted by Gasteiger charge is 2.28. The van der Waals surface area contributed by atoms with E-state index in [1.54, 1.807) is 7.05 Å². The molecule has 0 unspecified atom stereocenters. The maximum Gasteiger partial charge on any atom is 0.265 e. The first-order valence-electron chi connectivity index (χ1n) is 9.06. The lowest BCUT2D eigenvalue weighted by molar-refractivity contribution is -0.121. The maximum absolute atomic E-state index is 12.0. The number of nitrogens with zero attached hydrogens (tertiary/aromatic N) is 1. The number of carbonyl (C=O) groups excluding carboxylic acids is 1. The van der Waals surface area contributed by atoms with Crippen molar-refractivity contribution >= 4 is 40.3 Å². The first-order valence-corrected chi connectivity index (χ1v) is 10.3. The molecular weight excluding hydrogens is 350 g/mol. The van der Waals surface area contributed by atoms with Crippen molar-refractivity contribution < 1.29 is 9.53 Å². The first kappa shape index (κ1) is 20.0. The Morgan fingerprint density at radius 1 is 1.08 bits per heavy atom. The Balaban J connectivity index is 1.72. The number of likely N-dealkylation sites (N-methyl/N-ethyl adjacent to an activating group) is 1. The molecule has 3 nitrogen and oxygen atoms in total. The molecule has 1 saturated heterocycles. The lowest BCUT2D eigenvalue weighted by Gasteiger charge is -2.06. The zero-order chi connectivity index (χ0) is 18.1. The Hall–Kier alpha value is -1.33. The predicted molar refractivity (Wildman–Crippen MR) is 111 cm³/mol. The molecule has 1 amide bonds. The van der Waals surface area contributed by atoms with E-state index >= 15 is 0 Å². The summed E-state index contributed by atoms with van der Waals surface area (Å²) < 4.78 is 6.39. The predicted octanol–water partition coefficient (Wildman–Crippen LogP) is 5.65. The van der Waals surface area contributed by atoms with Gasteiger partial charge >= 0.3 is 0 Å². The highest BCUT2D eigenvalue weighted by atomic mass is 32.2. The van der Waals surface area contributed by atoms with E-state index in [4.69, 9.17) is 17.0 Å². The van der Waals surface area contributed by atoms with Crippen LogP contribution >= 0.6 is 24.0 Å². The van der Waals surface area contributed by atoms with Gasteiger partial charge in [-0.25, -0.2) is 0 Å². The molecule has 1 aromatic carbocycles. The van der Waals surface area contributed by atoms with E-state index in [9.17, 15) is 4.79 Å². The van der Waals surface area contributed by atoms with E-state index in [1.807, 2.05) is 30.3 Å². The fourth-order valence-corrected chi connectivity index (χ4v) is 3.79. The second kappa shape index (κ2) is 10.6. The molecule has 1 aliphatic heterocycles. The van der Waals surface area contributed by atoms with Crippen molar-refractivity contribution in [3.63, 3.8) is 0 Å². The average molecular weight is 378 g/mol. The topological polar surface area (TPSA) is 29.5 Å². The van der Waals surface area contributed by atoms with Crippen LogP contribution in [0, 0.1) is 0 Å². The number of unbranched alkanes of at least 4 members (excludes halogenated alkanes) is 6. The molecule has 1 fully saturated rings. The summed E-state index contributed by atoms with van der Waals surface area (Å²) in [5.41, 5.74) is 0.984. The van der Waals surface area contributed by atoms with Gasteiger partial charge in [-0.2, -0.15) is 0 Å². The van der Waals surface area contributed by atoms with Crippen LogP contribution in [0.15, 0.2) is 29.2 Å². The number of thioether (sulfide) groups is 1. The number of rotatable bonds is 10. The molecule has 1 heterocycles. The first-order chi connectivity index (χ1) is 12.1. The molecule has 0 radical (unpaired) electrons. The number of hydrogen-bond acceptors (Lipinski definition) is 4. The molecule has 25 heavy (non-hydrogen) atoms. The number of hydrogen-bond donors (Lipinski definition) is 0. The summed E-state index contributed by atoms with van der Waals surface area (Å²) in [5, 5.41) is 0. The van der Waals surface area contributed by atoms with Crippen molar-refractivity contribution in [2.45, 2.75) is 51.9 Å². The minimum atomic E-state index is -0.0331. The summed E-state index contributed by atoms with van der Waals surface area (Å²) in [6.45, 7) is 3.01. The summed E-state index contributed by atoms with van der Waals surface area (Å²) >= 11 is 6.48. The van der Waals surface area contributed by atoms with Crippen LogP contribution in [0.1, 0.15) is 57.4 Å². The normalized spacial score (nSPS) is 16.1. The molecule has 1 aliphatic rings. The fourth-order valence-electron chi connectivity index (χ4n) is 2.61. The minimum Gasteiger partial charge on any atom is -0.494 e. The van der Waals surface area contributed by atoms with Crippen molar-refractivity contribution in [1.82, 2.24) is 4.90 Å². The van der Waals surface area contributed by atoms with E-state index < -0.39 is 0 Å². The largest absolute Gasteiger partial charge is 0.494 e. The third-order valence-corrected chi connectivity index (χ3v) is 5.67. The molecule has 1 aromatic rings. The number of ether oxygens (including phenoxy) is 1. The zero-order valence-corrected chi connectivity index (χ0v) is 16.8. The number of amides is 1. The molecule has 0 atom stereocenters. The van der Waals surface area contributed by atoms with E-state index in [0.29, 0.717) is 9.23 Å². The summed E-state index contributed by atoms with van der Waals surface area (Å²) in [7, 11) is 1.71. The van der Waals surface area contributed by atoms with Crippen LogP contribution in [-0.2, 0) is 4.79 Å². The summed E-state index contributed by atoms with van der Waals surface area (Å²) in [6.07, 6.45) is 10.9. The van der Waals surface area contributed by atoms with Crippen LogP contribution in [0.5, 0.6) is 5.75 Å². The lowest BCUT2D eigenvalue weighted by Crippen LogP contribution is -2.22. The van der Waals surface area contributed by atoms with Crippen molar-refractivity contribution in [3.05, 3.63) is 34.7 Å². The second-order valence-electron chi connectivity index (χ2n) is 6.28. The minimum absolute atomic E-state index is 0.0331. The van der Waals surface area contributed by atoms with Gasteiger partial charge in [0.1, 0.15) is 10.1 Å². The Morgan fingerprint density at radius 3 is 2.32 bits per heavy atom. The monoisotopic (exact) mass is 377 g/mol. The van der Waals surface area contributed by atoms with Gasteiger partial charge in [0.05, 0.1) is 11.5 Å². The summed E-state index contributed by atoms with van der Waals surface area (Å²) in [5.74, 6) is 0.848. The van der Waals surface area contributed by atoms with Gasteiger partial charge in [-0.3, -0.25) is 9.69 Å². The highest BCUT2D eigenvalue weighted by Crippen LogP contribution is 2.31. The lowest BCUT2D eigenvalue weighted by atomic mass is 10.1. The molecule has 2 rings (SSSR count). The second-order valence-corrected chi connectivity index (χ2v) is 7.96. The molecule has 0 spiro atoms. The van der Waals surface area contributed by atoms with Crippen molar-refractivity contribution in [3.8, 4) is 5.75 Å². The number of carbonyl (C=O) groups is 1. The third-order valence-electron chi connectivity index (χ3n) is 4.18. The smallest absolute Gasteiger partial charge is 0.265 e. The van der Waals surface area contributed by atoms with Crippen LogP contribution in [-0.4, -0.2) is 28.8 Å². The molecular formula is C20H27NO2S2. The SMILES string of the molecule is CCCCCCCCCOc1ccc(/C=C2\SC(=S)N(C)C2=O)cc1. The molecule has 0 saturated carbocycles. The Kier molecular flexibility index (Phi) is 8.49. The summed E-state index contributed by atoms with van der Waals surface area (Å²) in [4.78, 5) is 14.2. The van der Waals surface area contributed by atoms with Gasteiger partial charge < -0.3 is 4.74 Å². The number of thiocarbonyl (C=S) groups is 1. The molecule has 0 N–H and O–H groups in total. The molecule has 0 bridgehead atoms. The quantitative estimate of drug-likeness (QED) is 0.299. The van der Waals surface area contributed by atoms with Gasteiger partial charge in [0, 0.05) is 7.05 Å². The van der Waals surface area contributed by atoms with E-state index in [0.717, 1.165) is 24.3 Å². The van der Waals surface area contributed by atoms with Crippen molar-refractivity contribution in [2.24, 2.45) is 0 Å². The summed E-state index contributed by atoms with van der Waals surface area (Å²) in [6, 6.07) is 7.87. The Labute approximate surface area is 160 Å². The average Bonchev–Trinajstić information content (AvgIpc) is 2.85. The highest BCUT2D eigenvalue weighted by molar-refractivity contribution is 8.26. The molecule has 0 aromatic heterocycles. The zero-order valence-electron chi connectivity index (χ0n) is 15.1. The van der Waals surface area contributed by atoms with Crippen molar-refractivity contribution in [1.29, 1.82) is 0 Å². The van der Waals surface area contributed by atoms with Crippen LogP contribution in [0.4, 0.5) is 0 Å². The van der Waals surface area contributed by atoms with Gasteiger partial charge in [-0.05, 0) is 30.2 Å². The van der Waals surface area contributed by atoms with Gasteiger partial charge in [0.25, 0.3) is 5.91 Å². The van der Waals surface area contributed by atoms with E-state index in [1.165, 1.54) is 55.2 Å². The van der Waals surface area contributed by atoms with Crippen LogP contribution < -0.4 is 4.74 Å². The standard InChI is InChI=1S/C20H27NO2S2/c1-3-4-5-6-7-8-9-14-23-17-12-10-16(11-13-17)15-18-19(22)21(2)20(24)25-18/h10-13,15H,3-9,14H2,1-2H3/b18-15-. The Bertz CT molecular complexity index is 611. The Morgan fingerprint density at radius 2 is 1.72 bits per heavy atom. The number of benzene rings is 1. The van der Waals surface area contributed by atoms with Crippen molar-refractivity contribution in [2.75, 3.05) is 13.7 Å². The molecule has 136 valence electrons. The van der Waals surface area contributed by atoms with Gasteiger partial charge in [0.2, 0.25) is 0 Å². The van der Waals surface area contributed by atoms with Crippen LogP contribution in [0.25, 0.3) is 6.08 Å². The molecule has 5 heteroatoms. The third kappa shape index (κ3) is 6.48. The van der Waals surface area contributed by atoms with Gasteiger partial charge in [0.15, 0.2) is 0 Å². The van der Waals surface area contributed by atoms with E-state index in [-0.39, 0.29) is 5.91 Å². The van der Waals surface area contributed by atoms with Gasteiger partial charge in [-0.15, -0.1) is 0 Å². The van der Waals surface area contributed by atoms with Crippen LogP contribution in [0.2, 0.25) is 0 Å².